The summed E-state index contributed by atoms with van der Waals surface area (Å²) in [6, 6.07) is 8.15. The molecule has 0 unspecified atom stereocenters. The van der Waals surface area contributed by atoms with Crippen LogP contribution in [0.15, 0.2) is 30.6 Å². The lowest BCUT2D eigenvalue weighted by atomic mass is 9.95. The summed E-state index contributed by atoms with van der Waals surface area (Å²) in [5.41, 5.74) is 2.36. The second kappa shape index (κ2) is 7.57. The van der Waals surface area contributed by atoms with Gasteiger partial charge in [0, 0.05) is 12.5 Å². The van der Waals surface area contributed by atoms with Crippen LogP contribution in [-0.4, -0.2) is 45.1 Å². The summed E-state index contributed by atoms with van der Waals surface area (Å²) >= 11 is 0. The standard InChI is InChI=1S/C18H25N5O/c1-13-3-5-15(6-4-13)11-19-18(24)14(2)23-9-7-16(8-10-23)17-20-12-21-22-17/h3-6,12,14,16H,7-11H2,1-2H3,(H,19,24)(H,20,21,22)/t14-/m0/s1. The zero-order chi connectivity index (χ0) is 16.9. The molecule has 1 atom stereocenters. The third-order valence-corrected chi connectivity index (χ3v) is 4.86. The van der Waals surface area contributed by atoms with E-state index in [2.05, 4.69) is 56.6 Å². The van der Waals surface area contributed by atoms with Gasteiger partial charge in [0.25, 0.3) is 0 Å². The van der Waals surface area contributed by atoms with Gasteiger partial charge in [-0.05, 0) is 45.3 Å². The van der Waals surface area contributed by atoms with Crippen LogP contribution in [0, 0.1) is 6.92 Å². The van der Waals surface area contributed by atoms with Crippen LogP contribution in [0.3, 0.4) is 0 Å². The van der Waals surface area contributed by atoms with Crippen LogP contribution in [-0.2, 0) is 11.3 Å². The Bertz CT molecular complexity index is 645. The number of nitrogens with zero attached hydrogens (tertiary/aromatic N) is 3. The molecule has 1 amide bonds. The molecular formula is C18H25N5O. The first-order valence-corrected chi connectivity index (χ1v) is 8.56. The van der Waals surface area contributed by atoms with Crippen LogP contribution in [0.25, 0.3) is 0 Å². The summed E-state index contributed by atoms with van der Waals surface area (Å²) in [6.07, 6.45) is 3.57. The van der Waals surface area contributed by atoms with E-state index in [0.29, 0.717) is 12.5 Å². The van der Waals surface area contributed by atoms with Crippen LogP contribution in [0.4, 0.5) is 0 Å². The van der Waals surface area contributed by atoms with Crippen LogP contribution < -0.4 is 5.32 Å². The summed E-state index contributed by atoms with van der Waals surface area (Å²) in [5, 5.41) is 9.93. The number of benzene rings is 1. The fraction of sp³-hybridized carbons (Fsp3) is 0.500. The average Bonchev–Trinajstić information content (AvgIpc) is 3.15. The molecule has 2 aromatic rings. The van der Waals surface area contributed by atoms with Gasteiger partial charge in [-0.15, -0.1) is 0 Å². The van der Waals surface area contributed by atoms with Gasteiger partial charge in [-0.25, -0.2) is 4.98 Å². The van der Waals surface area contributed by atoms with Crippen molar-refractivity contribution in [2.45, 2.75) is 45.2 Å². The van der Waals surface area contributed by atoms with Gasteiger partial charge in [0.05, 0.1) is 6.04 Å². The molecule has 0 bridgehead atoms. The van der Waals surface area contributed by atoms with Gasteiger partial charge in [-0.1, -0.05) is 29.8 Å². The molecule has 1 aliphatic heterocycles. The van der Waals surface area contributed by atoms with Gasteiger partial charge in [0.1, 0.15) is 12.2 Å². The molecule has 128 valence electrons. The normalized spacial score (nSPS) is 17.6. The van der Waals surface area contributed by atoms with Crippen LogP contribution in [0.1, 0.15) is 42.6 Å². The molecule has 0 saturated carbocycles. The number of likely N-dealkylation sites (tertiary alicyclic amines) is 1. The molecule has 2 N–H and O–H groups in total. The monoisotopic (exact) mass is 327 g/mol. The predicted octanol–water partition coefficient (Wildman–Crippen LogP) is 2.00. The predicted molar refractivity (Wildman–Crippen MR) is 92.4 cm³/mol. The third kappa shape index (κ3) is 4.00. The van der Waals surface area contributed by atoms with Gasteiger partial charge < -0.3 is 5.32 Å². The van der Waals surface area contributed by atoms with Crippen molar-refractivity contribution >= 4 is 5.91 Å². The molecule has 0 spiro atoms. The van der Waals surface area contributed by atoms with E-state index in [9.17, 15) is 4.79 Å². The van der Waals surface area contributed by atoms with Crippen LogP contribution in [0.5, 0.6) is 0 Å². The lowest BCUT2D eigenvalue weighted by Gasteiger charge is -2.34. The molecule has 24 heavy (non-hydrogen) atoms. The fourth-order valence-corrected chi connectivity index (χ4v) is 3.18. The van der Waals surface area contributed by atoms with E-state index in [0.717, 1.165) is 37.3 Å². The first-order valence-electron chi connectivity index (χ1n) is 8.56. The minimum absolute atomic E-state index is 0.0914. The highest BCUT2D eigenvalue weighted by Crippen LogP contribution is 2.25. The summed E-state index contributed by atoms with van der Waals surface area (Å²) in [7, 11) is 0. The van der Waals surface area contributed by atoms with E-state index in [-0.39, 0.29) is 11.9 Å². The Hall–Kier alpha value is -2.21. The van der Waals surface area contributed by atoms with E-state index in [1.807, 2.05) is 6.92 Å². The lowest BCUT2D eigenvalue weighted by molar-refractivity contribution is -0.126. The number of aromatic nitrogens is 3. The van der Waals surface area contributed by atoms with Crippen molar-refractivity contribution in [3.8, 4) is 0 Å². The van der Waals surface area contributed by atoms with Gasteiger partial charge in [0.15, 0.2) is 0 Å². The van der Waals surface area contributed by atoms with Crippen molar-refractivity contribution in [1.82, 2.24) is 25.4 Å². The number of piperidine rings is 1. The second-order valence-electron chi connectivity index (χ2n) is 6.56. The number of carbonyl (C=O) groups excluding carboxylic acids is 1. The molecule has 6 nitrogen and oxygen atoms in total. The molecule has 1 aromatic heterocycles. The topological polar surface area (TPSA) is 73.9 Å². The lowest BCUT2D eigenvalue weighted by Crippen LogP contribution is -2.47. The van der Waals surface area contributed by atoms with Gasteiger partial charge >= 0.3 is 0 Å². The molecule has 0 radical (unpaired) electrons. The molecule has 2 heterocycles. The SMILES string of the molecule is Cc1ccc(CNC(=O)[C@H](C)N2CCC(c3ncn[nH]3)CC2)cc1. The van der Waals surface area contributed by atoms with E-state index in [1.165, 1.54) is 5.56 Å². The fourth-order valence-electron chi connectivity index (χ4n) is 3.18. The number of hydrogen-bond acceptors (Lipinski definition) is 4. The van der Waals surface area contributed by atoms with Crippen molar-refractivity contribution in [2.75, 3.05) is 13.1 Å². The maximum Gasteiger partial charge on any atom is 0.237 e. The van der Waals surface area contributed by atoms with Gasteiger partial charge in [-0.2, -0.15) is 5.10 Å². The number of hydrogen-bond donors (Lipinski definition) is 2. The molecular weight excluding hydrogens is 302 g/mol. The van der Waals surface area contributed by atoms with Crippen molar-refractivity contribution in [2.24, 2.45) is 0 Å². The van der Waals surface area contributed by atoms with Crippen LogP contribution >= 0.6 is 0 Å². The minimum Gasteiger partial charge on any atom is -0.351 e. The zero-order valence-electron chi connectivity index (χ0n) is 14.3. The first-order chi connectivity index (χ1) is 11.6. The smallest absolute Gasteiger partial charge is 0.237 e. The summed E-state index contributed by atoms with van der Waals surface area (Å²) in [6.45, 7) is 6.44. The van der Waals surface area contributed by atoms with E-state index >= 15 is 0 Å². The quantitative estimate of drug-likeness (QED) is 0.881. The summed E-state index contributed by atoms with van der Waals surface area (Å²) in [4.78, 5) is 18.9. The number of H-pyrrole nitrogens is 1. The zero-order valence-corrected chi connectivity index (χ0v) is 14.3. The Morgan fingerprint density at radius 3 is 2.67 bits per heavy atom. The second-order valence-corrected chi connectivity index (χ2v) is 6.56. The molecule has 1 saturated heterocycles. The van der Waals surface area contributed by atoms with E-state index < -0.39 is 0 Å². The number of aromatic amines is 1. The highest BCUT2D eigenvalue weighted by molar-refractivity contribution is 5.81. The Kier molecular flexibility index (Phi) is 5.25. The Labute approximate surface area is 142 Å². The molecule has 1 fully saturated rings. The highest BCUT2D eigenvalue weighted by Gasteiger charge is 2.28. The summed E-state index contributed by atoms with van der Waals surface area (Å²) < 4.78 is 0. The maximum atomic E-state index is 12.4. The maximum absolute atomic E-state index is 12.4. The van der Waals surface area contributed by atoms with E-state index in [4.69, 9.17) is 0 Å². The van der Waals surface area contributed by atoms with Gasteiger partial charge in [0.2, 0.25) is 5.91 Å². The Morgan fingerprint density at radius 2 is 2.04 bits per heavy atom. The minimum atomic E-state index is -0.105. The Morgan fingerprint density at radius 1 is 1.33 bits per heavy atom. The third-order valence-electron chi connectivity index (χ3n) is 4.86. The molecule has 1 aromatic carbocycles. The van der Waals surface area contributed by atoms with Crippen LogP contribution in [0.2, 0.25) is 0 Å². The number of nitrogens with one attached hydrogen (secondary N) is 2. The molecule has 3 rings (SSSR count). The highest BCUT2D eigenvalue weighted by atomic mass is 16.2. The Balaban J connectivity index is 1.46. The number of carbonyl (C=O) groups is 1. The van der Waals surface area contributed by atoms with Gasteiger partial charge in [-0.3, -0.25) is 14.8 Å². The number of aryl methyl sites for hydroxylation is 1. The van der Waals surface area contributed by atoms with E-state index in [1.54, 1.807) is 6.33 Å². The van der Waals surface area contributed by atoms with Crippen molar-refractivity contribution < 1.29 is 4.79 Å². The van der Waals surface area contributed by atoms with Crippen molar-refractivity contribution in [3.63, 3.8) is 0 Å². The number of amides is 1. The molecule has 1 aliphatic rings. The number of rotatable bonds is 5. The van der Waals surface area contributed by atoms with Crippen molar-refractivity contribution in [1.29, 1.82) is 0 Å². The first kappa shape index (κ1) is 16.6. The average molecular weight is 327 g/mol. The largest absolute Gasteiger partial charge is 0.351 e. The molecule has 6 heteroatoms. The molecule has 0 aliphatic carbocycles. The summed E-state index contributed by atoms with van der Waals surface area (Å²) in [5.74, 6) is 1.48. The van der Waals surface area contributed by atoms with Crippen molar-refractivity contribution in [3.05, 3.63) is 47.5 Å².